The molecule has 0 fully saturated rings. The molecule has 0 aromatic rings. The minimum Gasteiger partial charge on any atom is -0.323 e. The van der Waals surface area contributed by atoms with E-state index in [1.807, 2.05) is 0 Å². The van der Waals surface area contributed by atoms with Crippen LogP contribution in [-0.2, 0) is 0 Å². The van der Waals surface area contributed by atoms with Crippen LogP contribution < -0.4 is 0 Å². The Balaban J connectivity index is -0.0000000150. The number of rotatable bonds is 0. The van der Waals surface area contributed by atoms with Crippen molar-refractivity contribution in [3.05, 3.63) is 5.92 Å². The summed E-state index contributed by atoms with van der Waals surface area (Å²) in [5.41, 5.74) is 0. The minimum absolute atomic E-state index is 0. The molecule has 0 N–H and O–H groups in total. The topological polar surface area (TPSA) is 0 Å². The van der Waals surface area contributed by atoms with Crippen molar-refractivity contribution in [2.45, 2.75) is 20.8 Å². The van der Waals surface area contributed by atoms with Gasteiger partial charge in [-0.3, -0.25) is 0 Å². The maximum atomic E-state index is 2.08. The Hall–Kier alpha value is 1.27. The smallest absolute Gasteiger partial charge is 0.323 e. The minimum atomic E-state index is 0. The van der Waals surface area contributed by atoms with Crippen LogP contribution in [0.2, 0.25) is 0 Å². The fourth-order valence-corrected chi connectivity index (χ4v) is 0. The maximum Gasteiger partial charge on any atom is 2.00 e. The molecule has 0 aromatic carbocycles. The average molecular weight is 149 g/mol. The molecule has 0 amide bonds. The molecule has 0 rings (SSSR count). The van der Waals surface area contributed by atoms with Crippen LogP contribution in [0.1, 0.15) is 20.8 Å². The van der Waals surface area contributed by atoms with E-state index in [-0.39, 0.29) is 46.4 Å². The molecule has 0 spiro atoms. The molecule has 0 saturated heterocycles. The summed E-state index contributed by atoms with van der Waals surface area (Å²) in [6.07, 6.45) is 0. The van der Waals surface area contributed by atoms with Gasteiger partial charge in [0.15, 0.2) is 0 Å². The number of hydrogen-bond acceptors (Lipinski definition) is 0. The van der Waals surface area contributed by atoms with Gasteiger partial charge in [-0.25, -0.2) is 0 Å². The molecule has 0 aromatic heterocycles. The van der Waals surface area contributed by atoms with Gasteiger partial charge in [-0.1, -0.05) is 0 Å². The first-order valence-electron chi connectivity index (χ1n) is 1.50. The molecule has 0 saturated carbocycles. The van der Waals surface area contributed by atoms with E-state index in [1.165, 1.54) is 5.92 Å². The molecule has 42 valence electrons. The first-order chi connectivity index (χ1) is 1.73. The summed E-state index contributed by atoms with van der Waals surface area (Å²) in [4.78, 5) is 0. The molecule has 0 nitrogen and oxygen atoms in total. The van der Waals surface area contributed by atoms with Gasteiger partial charge >= 0.3 is 23.1 Å². The van der Waals surface area contributed by atoms with Gasteiger partial charge in [0.25, 0.3) is 0 Å². The third-order valence-electron chi connectivity index (χ3n) is 0. The van der Waals surface area contributed by atoms with Crippen LogP contribution in [0.15, 0.2) is 0 Å². The van der Waals surface area contributed by atoms with E-state index in [1.54, 1.807) is 0 Å². The number of hydrogen-bond donors (Lipinski definition) is 0. The summed E-state index contributed by atoms with van der Waals surface area (Å²) in [7, 11) is 0. The SMILES string of the molecule is C[C-](C)C.Cl.[Mg+2].[SiH3-]. The predicted octanol–water partition coefficient (Wildman–Crippen LogP) is 0.478. The van der Waals surface area contributed by atoms with Crippen molar-refractivity contribution in [3.63, 3.8) is 0 Å². The van der Waals surface area contributed by atoms with Crippen LogP contribution in [0.3, 0.4) is 0 Å². The van der Waals surface area contributed by atoms with Crippen molar-refractivity contribution >= 4 is 46.4 Å². The van der Waals surface area contributed by atoms with Gasteiger partial charge in [0.1, 0.15) is 0 Å². The van der Waals surface area contributed by atoms with Crippen LogP contribution in [-0.4, -0.2) is 34.0 Å². The van der Waals surface area contributed by atoms with E-state index in [4.69, 9.17) is 0 Å². The molecule has 0 aliphatic rings. The quantitative estimate of drug-likeness (QED) is 0.347. The molecular weight excluding hydrogens is 136 g/mol. The largest absolute Gasteiger partial charge is 2.00 e. The van der Waals surface area contributed by atoms with E-state index >= 15 is 0 Å². The van der Waals surface area contributed by atoms with Crippen molar-refractivity contribution in [3.8, 4) is 0 Å². The van der Waals surface area contributed by atoms with Crippen molar-refractivity contribution in [1.82, 2.24) is 0 Å². The van der Waals surface area contributed by atoms with Gasteiger partial charge in [-0.05, 0) is 0 Å². The average Bonchev–Trinajstić information content (AvgIpc) is 0.811. The molecule has 0 radical (unpaired) electrons. The van der Waals surface area contributed by atoms with Gasteiger partial charge in [-0.2, -0.15) is 20.8 Å². The van der Waals surface area contributed by atoms with E-state index in [2.05, 4.69) is 20.8 Å². The summed E-state index contributed by atoms with van der Waals surface area (Å²) in [5.74, 6) is 1.42. The first-order valence-corrected chi connectivity index (χ1v) is 1.50. The fraction of sp³-hybridized carbons (Fsp3) is 0.750. The second-order valence-electron chi connectivity index (χ2n) is 1.50. The van der Waals surface area contributed by atoms with E-state index in [9.17, 15) is 0 Å². The summed E-state index contributed by atoms with van der Waals surface area (Å²) in [5, 5.41) is 0. The Morgan fingerprint density at radius 3 is 1.00 bits per heavy atom. The zero-order valence-electron chi connectivity index (χ0n) is 5.62. The normalized spacial score (nSPS) is 5.14. The molecule has 0 aliphatic carbocycles. The van der Waals surface area contributed by atoms with E-state index < -0.39 is 0 Å². The van der Waals surface area contributed by atoms with Crippen LogP contribution >= 0.6 is 12.4 Å². The van der Waals surface area contributed by atoms with Crippen LogP contribution in [0, 0.1) is 5.92 Å². The molecular formula is C4H13ClMgSi. The standard InChI is InChI=1S/C4H9.ClH.Mg.H3Si/c1-4(2)3;;;/h1-3H3;1H;;1H3/q-1;;+2;-1. The predicted molar refractivity (Wildman–Crippen MR) is 43.2 cm³/mol. The Bertz CT molecular complexity index is 16.4. The Kier molecular flexibility index (Phi) is 53.7. The van der Waals surface area contributed by atoms with Gasteiger partial charge in [0.2, 0.25) is 0 Å². The third kappa shape index (κ3) is 125. The molecule has 7 heavy (non-hydrogen) atoms. The van der Waals surface area contributed by atoms with Crippen LogP contribution in [0.4, 0.5) is 0 Å². The maximum absolute atomic E-state index is 2.08. The van der Waals surface area contributed by atoms with Gasteiger partial charge < -0.3 is 16.9 Å². The molecule has 3 heteroatoms. The zero-order valence-corrected chi connectivity index (χ0v) is 9.85. The van der Waals surface area contributed by atoms with Crippen molar-refractivity contribution in [2.75, 3.05) is 0 Å². The van der Waals surface area contributed by atoms with Crippen molar-refractivity contribution in [2.24, 2.45) is 0 Å². The summed E-state index contributed by atoms with van der Waals surface area (Å²) in [6.45, 7) is 6.25. The van der Waals surface area contributed by atoms with Crippen molar-refractivity contribution in [1.29, 1.82) is 0 Å². The fourth-order valence-electron chi connectivity index (χ4n) is 0. The van der Waals surface area contributed by atoms with Gasteiger partial charge in [-0.15, -0.1) is 12.4 Å². The molecule has 0 heterocycles. The summed E-state index contributed by atoms with van der Waals surface area (Å²) < 4.78 is 0. The molecule has 0 unspecified atom stereocenters. The Morgan fingerprint density at radius 1 is 1.00 bits per heavy atom. The number of halogens is 1. The monoisotopic (exact) mass is 148 g/mol. The molecule has 0 atom stereocenters. The Morgan fingerprint density at radius 2 is 1.00 bits per heavy atom. The van der Waals surface area contributed by atoms with Crippen LogP contribution in [0.25, 0.3) is 0 Å². The summed E-state index contributed by atoms with van der Waals surface area (Å²) >= 11 is 0. The van der Waals surface area contributed by atoms with Gasteiger partial charge in [0, 0.05) is 0 Å². The summed E-state index contributed by atoms with van der Waals surface area (Å²) in [6, 6.07) is 0. The molecule has 0 bridgehead atoms. The van der Waals surface area contributed by atoms with E-state index in [0.29, 0.717) is 0 Å². The first kappa shape index (κ1) is 24.0. The third-order valence-corrected chi connectivity index (χ3v) is 0. The second-order valence-corrected chi connectivity index (χ2v) is 1.50. The van der Waals surface area contributed by atoms with Crippen molar-refractivity contribution < 1.29 is 0 Å². The van der Waals surface area contributed by atoms with Gasteiger partial charge in [0.05, 0.1) is 0 Å². The Labute approximate surface area is 73.0 Å². The molecule has 0 aliphatic heterocycles. The van der Waals surface area contributed by atoms with E-state index in [0.717, 1.165) is 0 Å². The van der Waals surface area contributed by atoms with Crippen LogP contribution in [0.5, 0.6) is 0 Å². The zero-order chi connectivity index (χ0) is 3.58. The second kappa shape index (κ2) is 15.7.